The number of hydrogen-bond donors (Lipinski definition) is 1. The van der Waals surface area contributed by atoms with Gasteiger partial charge in [-0.3, -0.25) is 0 Å². The van der Waals surface area contributed by atoms with E-state index in [9.17, 15) is 0 Å². The van der Waals surface area contributed by atoms with E-state index >= 15 is 0 Å². The van der Waals surface area contributed by atoms with Gasteiger partial charge in [0.2, 0.25) is 0 Å². The Balaban J connectivity index is 3.68. The van der Waals surface area contributed by atoms with E-state index in [1.165, 1.54) is 19.7 Å². The fourth-order valence-electron chi connectivity index (χ4n) is 0.246. The average molecular weight is 126 g/mol. The second-order valence-corrected chi connectivity index (χ2v) is 1.51. The summed E-state index contributed by atoms with van der Waals surface area (Å²) in [5.41, 5.74) is 0.795. The van der Waals surface area contributed by atoms with Gasteiger partial charge in [-0.05, 0) is 12.5 Å². The summed E-state index contributed by atoms with van der Waals surface area (Å²) < 4.78 is 4.53. The molecular formula is C6H10N2O. The molecule has 0 aliphatic rings. The van der Waals surface area contributed by atoms with Crippen molar-refractivity contribution >= 4 is 12.6 Å². The van der Waals surface area contributed by atoms with Crippen LogP contribution in [-0.2, 0) is 4.74 Å². The molecule has 0 fully saturated rings. The van der Waals surface area contributed by atoms with Gasteiger partial charge in [0.15, 0.2) is 6.40 Å². The first-order chi connectivity index (χ1) is 4.31. The minimum absolute atomic E-state index is 0.795. The lowest BCUT2D eigenvalue weighted by Gasteiger charge is -1.83. The summed E-state index contributed by atoms with van der Waals surface area (Å²) in [6.07, 6.45) is 4.09. The first-order valence-electron chi connectivity index (χ1n) is 2.53. The summed E-state index contributed by atoms with van der Waals surface area (Å²) in [5.74, 6) is 0. The molecule has 9 heavy (non-hydrogen) atoms. The summed E-state index contributed by atoms with van der Waals surface area (Å²) in [4.78, 5) is 3.70. The highest BCUT2D eigenvalue weighted by Crippen LogP contribution is 1.84. The zero-order valence-corrected chi connectivity index (χ0v) is 5.59. The first-order valence-corrected chi connectivity index (χ1v) is 2.53. The Hall–Kier alpha value is -1.12. The lowest BCUT2D eigenvalue weighted by molar-refractivity contribution is 0.423. The van der Waals surface area contributed by atoms with E-state index in [4.69, 9.17) is 5.41 Å². The van der Waals surface area contributed by atoms with Crippen LogP contribution in [0.3, 0.4) is 0 Å². The number of allylic oxidation sites excluding steroid dienone is 1. The highest BCUT2D eigenvalue weighted by atomic mass is 16.5. The molecule has 0 aromatic heterocycles. The highest BCUT2D eigenvalue weighted by Gasteiger charge is 1.74. The van der Waals surface area contributed by atoms with Crippen LogP contribution in [0.5, 0.6) is 0 Å². The van der Waals surface area contributed by atoms with Gasteiger partial charge in [0, 0.05) is 12.4 Å². The number of rotatable bonds is 3. The number of ether oxygens (including phenoxy) is 1. The van der Waals surface area contributed by atoms with Gasteiger partial charge in [0.05, 0.1) is 7.11 Å². The summed E-state index contributed by atoms with van der Waals surface area (Å²) in [7, 11) is 1.52. The van der Waals surface area contributed by atoms with E-state index in [0.717, 1.165) is 5.57 Å². The van der Waals surface area contributed by atoms with Crippen LogP contribution in [0.25, 0.3) is 0 Å². The number of methoxy groups -OCH3 is 1. The molecule has 0 radical (unpaired) electrons. The summed E-state index contributed by atoms with van der Waals surface area (Å²) in [6, 6.07) is 0. The van der Waals surface area contributed by atoms with Crippen LogP contribution in [0.15, 0.2) is 16.8 Å². The zero-order chi connectivity index (χ0) is 7.11. The Kier molecular flexibility index (Phi) is 4.40. The molecule has 0 aromatic rings. The SMILES string of the molecule is COC=N/C=C(/C)C=N. The normalized spacial score (nSPS) is 12.0. The third-order valence-electron chi connectivity index (χ3n) is 0.672. The van der Waals surface area contributed by atoms with Crippen LogP contribution >= 0.6 is 0 Å². The van der Waals surface area contributed by atoms with Crippen molar-refractivity contribution in [3.63, 3.8) is 0 Å². The third kappa shape index (κ3) is 4.74. The summed E-state index contributed by atoms with van der Waals surface area (Å²) in [6.45, 7) is 1.79. The van der Waals surface area contributed by atoms with Gasteiger partial charge >= 0.3 is 0 Å². The molecule has 3 nitrogen and oxygen atoms in total. The largest absolute Gasteiger partial charge is 0.486 e. The van der Waals surface area contributed by atoms with Gasteiger partial charge in [-0.1, -0.05) is 0 Å². The molecule has 0 unspecified atom stereocenters. The van der Waals surface area contributed by atoms with Crippen LogP contribution in [-0.4, -0.2) is 19.7 Å². The van der Waals surface area contributed by atoms with Gasteiger partial charge in [0.1, 0.15) is 0 Å². The van der Waals surface area contributed by atoms with Crippen molar-refractivity contribution in [3.8, 4) is 0 Å². The second kappa shape index (κ2) is 5.03. The number of nitrogens with one attached hydrogen (secondary N) is 1. The Morgan fingerprint density at radius 3 is 2.78 bits per heavy atom. The summed E-state index contributed by atoms with van der Waals surface area (Å²) >= 11 is 0. The number of aliphatic imine (C=N–C) groups is 1. The molecule has 0 bridgehead atoms. The van der Waals surface area contributed by atoms with E-state index < -0.39 is 0 Å². The topological polar surface area (TPSA) is 45.4 Å². The Morgan fingerprint density at radius 2 is 2.33 bits per heavy atom. The smallest absolute Gasteiger partial charge is 0.173 e. The summed E-state index contributed by atoms with van der Waals surface area (Å²) in [5, 5.41) is 6.74. The molecule has 0 amide bonds. The van der Waals surface area contributed by atoms with Crippen LogP contribution in [0, 0.1) is 5.41 Å². The van der Waals surface area contributed by atoms with Gasteiger partial charge < -0.3 is 10.1 Å². The van der Waals surface area contributed by atoms with E-state index in [1.54, 1.807) is 13.1 Å². The predicted octanol–water partition coefficient (Wildman–Crippen LogP) is 1.21. The molecule has 50 valence electrons. The lowest BCUT2D eigenvalue weighted by atomic mass is 10.4. The van der Waals surface area contributed by atoms with Crippen molar-refractivity contribution in [2.75, 3.05) is 7.11 Å². The number of hydrogen-bond acceptors (Lipinski definition) is 3. The average Bonchev–Trinajstić information content (AvgIpc) is 1.89. The van der Waals surface area contributed by atoms with E-state index in [2.05, 4.69) is 9.73 Å². The van der Waals surface area contributed by atoms with Gasteiger partial charge in [0.25, 0.3) is 0 Å². The van der Waals surface area contributed by atoms with Crippen molar-refractivity contribution in [2.24, 2.45) is 4.99 Å². The maximum absolute atomic E-state index is 6.74. The molecule has 0 spiro atoms. The van der Waals surface area contributed by atoms with Crippen LogP contribution in [0.2, 0.25) is 0 Å². The maximum atomic E-state index is 6.74. The molecule has 0 aromatic carbocycles. The molecule has 0 aliphatic heterocycles. The molecule has 1 N–H and O–H groups in total. The fraction of sp³-hybridized carbons (Fsp3) is 0.333. The monoisotopic (exact) mass is 126 g/mol. The molecule has 0 rings (SSSR count). The van der Waals surface area contributed by atoms with Crippen LogP contribution in [0.1, 0.15) is 6.92 Å². The van der Waals surface area contributed by atoms with Gasteiger partial charge in [-0.2, -0.15) is 0 Å². The van der Waals surface area contributed by atoms with E-state index in [0.29, 0.717) is 0 Å². The Morgan fingerprint density at radius 1 is 1.67 bits per heavy atom. The van der Waals surface area contributed by atoms with Gasteiger partial charge in [-0.25, -0.2) is 4.99 Å². The van der Waals surface area contributed by atoms with Crippen molar-refractivity contribution in [1.82, 2.24) is 0 Å². The molecule has 0 saturated heterocycles. The highest BCUT2D eigenvalue weighted by molar-refractivity contribution is 5.74. The Bertz CT molecular complexity index is 138. The van der Waals surface area contributed by atoms with Crippen molar-refractivity contribution in [3.05, 3.63) is 11.8 Å². The number of nitrogens with zero attached hydrogens (tertiary/aromatic N) is 1. The van der Waals surface area contributed by atoms with Crippen molar-refractivity contribution in [2.45, 2.75) is 6.92 Å². The van der Waals surface area contributed by atoms with Crippen molar-refractivity contribution < 1.29 is 4.74 Å². The molecule has 0 saturated carbocycles. The van der Waals surface area contributed by atoms with Gasteiger partial charge in [-0.15, -0.1) is 0 Å². The Labute approximate surface area is 54.6 Å². The lowest BCUT2D eigenvalue weighted by Crippen LogP contribution is -1.76. The first kappa shape index (κ1) is 7.88. The zero-order valence-electron chi connectivity index (χ0n) is 5.59. The molecule has 3 heteroatoms. The molecular weight excluding hydrogens is 116 g/mol. The van der Waals surface area contributed by atoms with Crippen LogP contribution in [0.4, 0.5) is 0 Å². The molecule has 0 aliphatic carbocycles. The fourth-order valence-corrected chi connectivity index (χ4v) is 0.246. The quantitative estimate of drug-likeness (QED) is 0.448. The minimum atomic E-state index is 0.795. The molecule has 0 atom stereocenters. The van der Waals surface area contributed by atoms with E-state index in [-0.39, 0.29) is 0 Å². The predicted molar refractivity (Wildman–Crippen MR) is 38.0 cm³/mol. The van der Waals surface area contributed by atoms with E-state index in [1.807, 2.05) is 0 Å². The minimum Gasteiger partial charge on any atom is -0.486 e. The van der Waals surface area contributed by atoms with Crippen molar-refractivity contribution in [1.29, 1.82) is 5.41 Å². The van der Waals surface area contributed by atoms with Crippen LogP contribution < -0.4 is 0 Å². The third-order valence-corrected chi connectivity index (χ3v) is 0.672. The second-order valence-electron chi connectivity index (χ2n) is 1.51. The maximum Gasteiger partial charge on any atom is 0.173 e. The molecule has 0 heterocycles. The standard InChI is InChI=1S/C6H10N2O/c1-6(3-7)4-8-5-9-2/h3-5,7H,1-2H3/b6-4-,7-3?,8-5?.